The number of nitrogens with two attached hydrogens (primary N) is 1. The monoisotopic (exact) mass is 304 g/mol. The van der Waals surface area contributed by atoms with Crippen LogP contribution in [-0.2, 0) is 6.42 Å². The molecule has 1 fully saturated rings. The maximum atomic E-state index is 5.61. The largest absolute Gasteiger partial charge is 0.334 e. The molecule has 0 aliphatic carbocycles. The van der Waals surface area contributed by atoms with Crippen molar-refractivity contribution >= 4 is 11.8 Å². The molecule has 1 aliphatic heterocycles. The van der Waals surface area contributed by atoms with Gasteiger partial charge < -0.3 is 10.3 Å². The molecule has 2 N–H and O–H groups in total. The average Bonchev–Trinajstić information content (AvgIpc) is 2.98. The van der Waals surface area contributed by atoms with E-state index in [0.29, 0.717) is 12.4 Å². The highest BCUT2D eigenvalue weighted by molar-refractivity contribution is 7.99. The summed E-state index contributed by atoms with van der Waals surface area (Å²) in [7, 11) is 2.11. The van der Waals surface area contributed by atoms with Crippen LogP contribution in [0, 0.1) is 0 Å². The Balaban J connectivity index is 1.82. The molecular formula is C15H20N4OS. The van der Waals surface area contributed by atoms with Crippen molar-refractivity contribution in [3.05, 3.63) is 35.7 Å². The van der Waals surface area contributed by atoms with Crippen LogP contribution in [0.4, 0.5) is 0 Å². The normalized spacial score (nSPS) is 19.8. The van der Waals surface area contributed by atoms with Crippen molar-refractivity contribution in [3.8, 4) is 11.5 Å². The molecule has 0 bridgehead atoms. The second kappa shape index (κ2) is 6.60. The van der Waals surface area contributed by atoms with E-state index in [1.165, 1.54) is 11.3 Å². The van der Waals surface area contributed by atoms with Crippen molar-refractivity contribution in [1.82, 2.24) is 15.0 Å². The first-order chi connectivity index (χ1) is 10.3. The van der Waals surface area contributed by atoms with Crippen LogP contribution in [-0.4, -0.2) is 46.7 Å². The van der Waals surface area contributed by atoms with Gasteiger partial charge in [0, 0.05) is 23.6 Å². The van der Waals surface area contributed by atoms with Crippen molar-refractivity contribution in [3.63, 3.8) is 0 Å². The van der Waals surface area contributed by atoms with Crippen molar-refractivity contribution in [2.24, 2.45) is 5.73 Å². The van der Waals surface area contributed by atoms with E-state index in [1.807, 2.05) is 23.9 Å². The van der Waals surface area contributed by atoms with E-state index in [4.69, 9.17) is 10.3 Å². The molecule has 0 radical (unpaired) electrons. The highest BCUT2D eigenvalue weighted by Gasteiger charge is 2.26. The van der Waals surface area contributed by atoms with Crippen LogP contribution in [0.2, 0.25) is 0 Å². The van der Waals surface area contributed by atoms with Crippen LogP contribution >= 0.6 is 11.8 Å². The third kappa shape index (κ3) is 3.28. The molecule has 2 heterocycles. The first kappa shape index (κ1) is 14.6. The number of nitrogens with zero attached hydrogens (tertiary/aromatic N) is 3. The van der Waals surface area contributed by atoms with Gasteiger partial charge in [-0.3, -0.25) is 4.90 Å². The van der Waals surface area contributed by atoms with Gasteiger partial charge in [0.05, 0.1) is 6.04 Å². The first-order valence-electron chi connectivity index (χ1n) is 7.19. The molecule has 0 spiro atoms. The summed E-state index contributed by atoms with van der Waals surface area (Å²) in [4.78, 5) is 6.88. The minimum Gasteiger partial charge on any atom is -0.334 e. The Morgan fingerprint density at radius 1 is 1.48 bits per heavy atom. The van der Waals surface area contributed by atoms with Crippen LogP contribution in [0.3, 0.4) is 0 Å². The Kier molecular flexibility index (Phi) is 4.57. The molecule has 0 amide bonds. The zero-order valence-corrected chi connectivity index (χ0v) is 13.0. The fraction of sp³-hybridized carbons (Fsp3) is 0.467. The van der Waals surface area contributed by atoms with Crippen molar-refractivity contribution in [2.45, 2.75) is 12.5 Å². The Bertz CT molecular complexity index is 601. The maximum Gasteiger partial charge on any atom is 0.257 e. The first-order valence-corrected chi connectivity index (χ1v) is 8.34. The molecule has 1 atom stereocenters. The van der Waals surface area contributed by atoms with Crippen LogP contribution in [0.25, 0.3) is 11.5 Å². The van der Waals surface area contributed by atoms with Gasteiger partial charge in [0.15, 0.2) is 5.82 Å². The average molecular weight is 304 g/mol. The van der Waals surface area contributed by atoms with Gasteiger partial charge >= 0.3 is 0 Å². The number of thioether (sulfide) groups is 1. The summed E-state index contributed by atoms with van der Waals surface area (Å²) >= 11 is 1.94. The molecule has 1 unspecified atom stereocenters. The van der Waals surface area contributed by atoms with E-state index < -0.39 is 0 Å². The number of hydrogen-bond donors (Lipinski definition) is 1. The van der Waals surface area contributed by atoms with Gasteiger partial charge in [-0.25, -0.2) is 0 Å². The van der Waals surface area contributed by atoms with E-state index in [2.05, 4.69) is 34.2 Å². The minimum atomic E-state index is 0.244. The molecule has 3 rings (SSSR count). The quantitative estimate of drug-likeness (QED) is 0.931. The zero-order valence-electron chi connectivity index (χ0n) is 12.2. The molecule has 5 nitrogen and oxygen atoms in total. The molecule has 0 saturated carbocycles. The lowest BCUT2D eigenvalue weighted by molar-refractivity contribution is 0.257. The van der Waals surface area contributed by atoms with E-state index in [0.717, 1.165) is 30.1 Å². The lowest BCUT2D eigenvalue weighted by Crippen LogP contribution is -2.33. The standard InChI is InChI=1S/C15H20N4OS/c1-19-7-8-21-10-13(19)14-17-15(20-18-14)12-4-2-3-11(9-12)5-6-16/h2-4,9,13H,5-8,10,16H2,1H3. The van der Waals surface area contributed by atoms with Gasteiger partial charge in [-0.15, -0.1) is 0 Å². The Morgan fingerprint density at radius 2 is 2.38 bits per heavy atom. The summed E-state index contributed by atoms with van der Waals surface area (Å²) in [5.41, 5.74) is 7.77. The Labute approximate surface area is 128 Å². The third-order valence-corrected chi connectivity index (χ3v) is 4.77. The summed E-state index contributed by atoms with van der Waals surface area (Å²) in [6.07, 6.45) is 0.858. The van der Waals surface area contributed by atoms with Crippen LogP contribution < -0.4 is 5.73 Å². The molecule has 112 valence electrons. The Hall–Kier alpha value is -1.37. The van der Waals surface area contributed by atoms with E-state index in [1.54, 1.807) is 0 Å². The van der Waals surface area contributed by atoms with Crippen LogP contribution in [0.1, 0.15) is 17.4 Å². The van der Waals surface area contributed by atoms with E-state index >= 15 is 0 Å². The van der Waals surface area contributed by atoms with Crippen LogP contribution in [0.15, 0.2) is 28.8 Å². The van der Waals surface area contributed by atoms with Gasteiger partial charge in [-0.2, -0.15) is 16.7 Å². The summed E-state index contributed by atoms with van der Waals surface area (Å²) < 4.78 is 5.46. The minimum absolute atomic E-state index is 0.244. The van der Waals surface area contributed by atoms with E-state index in [-0.39, 0.29) is 6.04 Å². The van der Waals surface area contributed by atoms with Gasteiger partial charge in [0.1, 0.15) is 0 Å². The van der Waals surface area contributed by atoms with Gasteiger partial charge in [0.25, 0.3) is 5.89 Å². The van der Waals surface area contributed by atoms with Crippen molar-refractivity contribution in [2.75, 3.05) is 31.6 Å². The molecule has 1 aromatic carbocycles. The lowest BCUT2D eigenvalue weighted by atomic mass is 10.1. The fourth-order valence-electron chi connectivity index (χ4n) is 2.47. The number of rotatable bonds is 4. The number of benzene rings is 1. The molecule has 21 heavy (non-hydrogen) atoms. The second-order valence-electron chi connectivity index (χ2n) is 5.27. The van der Waals surface area contributed by atoms with Crippen molar-refractivity contribution < 1.29 is 4.52 Å². The Morgan fingerprint density at radius 3 is 3.19 bits per heavy atom. The predicted octanol–water partition coefficient (Wildman–Crippen LogP) is 1.96. The fourth-order valence-corrected chi connectivity index (χ4v) is 3.68. The van der Waals surface area contributed by atoms with E-state index in [9.17, 15) is 0 Å². The number of aromatic nitrogens is 2. The lowest BCUT2D eigenvalue weighted by Gasteiger charge is -2.29. The van der Waals surface area contributed by atoms with Crippen molar-refractivity contribution in [1.29, 1.82) is 0 Å². The third-order valence-electron chi connectivity index (χ3n) is 3.74. The highest BCUT2D eigenvalue weighted by Crippen LogP contribution is 2.28. The highest BCUT2D eigenvalue weighted by atomic mass is 32.2. The smallest absolute Gasteiger partial charge is 0.257 e. The molecule has 2 aromatic rings. The van der Waals surface area contributed by atoms with Gasteiger partial charge in [-0.1, -0.05) is 17.3 Å². The summed E-state index contributed by atoms with van der Waals surface area (Å²) in [5, 5.41) is 4.18. The molecule has 1 aromatic heterocycles. The zero-order chi connectivity index (χ0) is 14.7. The predicted molar refractivity (Wildman–Crippen MR) is 85.2 cm³/mol. The summed E-state index contributed by atoms with van der Waals surface area (Å²) in [6, 6.07) is 8.39. The van der Waals surface area contributed by atoms with Gasteiger partial charge in [0.2, 0.25) is 0 Å². The molecule has 1 aliphatic rings. The topological polar surface area (TPSA) is 68.2 Å². The molecular weight excluding hydrogens is 284 g/mol. The summed E-state index contributed by atoms with van der Waals surface area (Å²) in [5.74, 6) is 3.55. The second-order valence-corrected chi connectivity index (χ2v) is 6.42. The van der Waals surface area contributed by atoms with Crippen LogP contribution in [0.5, 0.6) is 0 Å². The SMILES string of the molecule is CN1CCSCC1c1noc(-c2cccc(CCN)c2)n1. The number of hydrogen-bond acceptors (Lipinski definition) is 6. The van der Waals surface area contributed by atoms with Gasteiger partial charge in [-0.05, 0) is 37.7 Å². The molecule has 1 saturated heterocycles. The molecule has 6 heteroatoms. The summed E-state index contributed by atoms with van der Waals surface area (Å²) in [6.45, 7) is 1.70. The maximum absolute atomic E-state index is 5.61.